The molecule has 2 rings (SSSR count). The molecule has 1 fully saturated rings. The lowest BCUT2D eigenvalue weighted by molar-refractivity contribution is -0.147. The van der Waals surface area contributed by atoms with E-state index in [9.17, 15) is 14.7 Å². The van der Waals surface area contributed by atoms with Gasteiger partial charge in [0.2, 0.25) is 0 Å². The van der Waals surface area contributed by atoms with Gasteiger partial charge in [0.1, 0.15) is 11.3 Å². The highest BCUT2D eigenvalue weighted by Crippen LogP contribution is 2.31. The van der Waals surface area contributed by atoms with Crippen LogP contribution in [-0.2, 0) is 4.79 Å². The number of carbonyl (C=O) groups excluding carboxylic acids is 1. The lowest BCUT2D eigenvalue weighted by Crippen LogP contribution is -2.50. The molecule has 0 aliphatic carbocycles. The molecule has 1 N–H and O–H groups in total. The second kappa shape index (κ2) is 3.91. The van der Waals surface area contributed by atoms with E-state index in [1.54, 1.807) is 26.0 Å². The summed E-state index contributed by atoms with van der Waals surface area (Å²) in [4.78, 5) is 24.8. The molecule has 0 saturated carbocycles. The summed E-state index contributed by atoms with van der Waals surface area (Å²) in [5.41, 5.74) is -1.11. The van der Waals surface area contributed by atoms with Gasteiger partial charge in [-0.2, -0.15) is 0 Å². The van der Waals surface area contributed by atoms with E-state index in [-0.39, 0.29) is 11.7 Å². The van der Waals surface area contributed by atoms with Gasteiger partial charge in [0.15, 0.2) is 5.76 Å². The van der Waals surface area contributed by atoms with Crippen LogP contribution in [0, 0.1) is 6.92 Å². The Bertz CT molecular complexity index is 465. The maximum Gasteiger partial charge on any atom is 0.329 e. The van der Waals surface area contributed by atoms with Crippen molar-refractivity contribution in [3.8, 4) is 0 Å². The largest absolute Gasteiger partial charge is 0.480 e. The van der Waals surface area contributed by atoms with Crippen LogP contribution in [0.5, 0.6) is 0 Å². The van der Waals surface area contributed by atoms with E-state index in [0.29, 0.717) is 25.1 Å². The second-order valence-electron chi connectivity index (χ2n) is 4.55. The number of aryl methyl sites for hydroxylation is 1. The summed E-state index contributed by atoms with van der Waals surface area (Å²) in [6, 6.07) is 3.28. The topological polar surface area (TPSA) is 70.8 Å². The van der Waals surface area contributed by atoms with E-state index >= 15 is 0 Å². The van der Waals surface area contributed by atoms with Crippen molar-refractivity contribution in [1.82, 2.24) is 4.90 Å². The Morgan fingerprint density at radius 1 is 1.47 bits per heavy atom. The monoisotopic (exact) mass is 237 g/mol. The normalized spacial score (nSPS) is 24.0. The van der Waals surface area contributed by atoms with Crippen molar-refractivity contribution in [3.63, 3.8) is 0 Å². The molecule has 1 aliphatic heterocycles. The highest BCUT2D eigenvalue weighted by Gasteiger charge is 2.46. The van der Waals surface area contributed by atoms with Crippen LogP contribution in [0.15, 0.2) is 16.5 Å². The van der Waals surface area contributed by atoms with Crippen LogP contribution < -0.4 is 0 Å². The first-order chi connectivity index (χ1) is 7.95. The molecule has 17 heavy (non-hydrogen) atoms. The van der Waals surface area contributed by atoms with Crippen LogP contribution >= 0.6 is 0 Å². The average molecular weight is 237 g/mol. The molecule has 1 unspecified atom stereocenters. The smallest absolute Gasteiger partial charge is 0.329 e. The Morgan fingerprint density at radius 2 is 2.18 bits per heavy atom. The fourth-order valence-corrected chi connectivity index (χ4v) is 2.19. The van der Waals surface area contributed by atoms with Gasteiger partial charge in [-0.3, -0.25) is 4.79 Å². The quantitative estimate of drug-likeness (QED) is 0.849. The van der Waals surface area contributed by atoms with Gasteiger partial charge < -0.3 is 14.4 Å². The van der Waals surface area contributed by atoms with Crippen LogP contribution in [0.4, 0.5) is 0 Å². The number of amides is 1. The molecule has 5 nitrogen and oxygen atoms in total. The van der Waals surface area contributed by atoms with Gasteiger partial charge in [-0.1, -0.05) is 0 Å². The van der Waals surface area contributed by atoms with Crippen LogP contribution in [0.3, 0.4) is 0 Å². The lowest BCUT2D eigenvalue weighted by Gasteiger charge is -2.30. The van der Waals surface area contributed by atoms with Crippen LogP contribution in [0.1, 0.15) is 36.1 Å². The van der Waals surface area contributed by atoms with Crippen LogP contribution in [-0.4, -0.2) is 34.0 Å². The number of hydrogen-bond donors (Lipinski definition) is 1. The fraction of sp³-hybridized carbons (Fsp3) is 0.500. The Morgan fingerprint density at radius 3 is 2.71 bits per heavy atom. The zero-order chi connectivity index (χ0) is 12.6. The van der Waals surface area contributed by atoms with Crippen molar-refractivity contribution in [2.24, 2.45) is 0 Å². The highest BCUT2D eigenvalue weighted by atomic mass is 16.4. The maximum atomic E-state index is 12.1. The minimum Gasteiger partial charge on any atom is -0.480 e. The van der Waals surface area contributed by atoms with E-state index in [1.807, 2.05) is 0 Å². The lowest BCUT2D eigenvalue weighted by atomic mass is 9.99. The molecular weight excluding hydrogens is 222 g/mol. The van der Waals surface area contributed by atoms with Crippen molar-refractivity contribution in [2.45, 2.75) is 32.2 Å². The molecule has 0 bridgehead atoms. The molecular formula is C12H15NO4. The Kier molecular flexibility index (Phi) is 2.69. The van der Waals surface area contributed by atoms with E-state index in [2.05, 4.69) is 0 Å². The Balaban J connectivity index is 2.28. The summed E-state index contributed by atoms with van der Waals surface area (Å²) in [5, 5.41) is 9.22. The Labute approximate surface area is 99.0 Å². The van der Waals surface area contributed by atoms with E-state index in [4.69, 9.17) is 4.42 Å². The minimum atomic E-state index is -1.11. The summed E-state index contributed by atoms with van der Waals surface area (Å²) in [5.74, 6) is -0.464. The number of hydrogen-bond acceptors (Lipinski definition) is 3. The van der Waals surface area contributed by atoms with E-state index in [1.165, 1.54) is 4.90 Å². The maximum absolute atomic E-state index is 12.1. The SMILES string of the molecule is Cc1ccc(C(=O)N2CCCC2(C)C(=O)O)o1. The number of nitrogens with zero attached hydrogens (tertiary/aromatic N) is 1. The van der Waals surface area contributed by atoms with Gasteiger partial charge in [0, 0.05) is 6.54 Å². The number of furan rings is 1. The third-order valence-electron chi connectivity index (χ3n) is 3.30. The molecule has 1 aromatic heterocycles. The third kappa shape index (κ3) is 1.81. The van der Waals surface area contributed by atoms with Gasteiger partial charge in [-0.15, -0.1) is 0 Å². The molecule has 0 aromatic carbocycles. The number of carboxylic acid groups (broad SMARTS) is 1. The average Bonchev–Trinajstić information content (AvgIpc) is 2.85. The predicted octanol–water partition coefficient (Wildman–Crippen LogP) is 1.67. The van der Waals surface area contributed by atoms with Gasteiger partial charge in [0.25, 0.3) is 5.91 Å². The first kappa shape index (κ1) is 11.7. The Hall–Kier alpha value is -1.78. The van der Waals surface area contributed by atoms with E-state index < -0.39 is 11.5 Å². The molecule has 5 heteroatoms. The van der Waals surface area contributed by atoms with E-state index in [0.717, 1.165) is 0 Å². The second-order valence-corrected chi connectivity index (χ2v) is 4.55. The van der Waals surface area contributed by atoms with Crippen molar-refractivity contribution in [1.29, 1.82) is 0 Å². The zero-order valence-electron chi connectivity index (χ0n) is 9.90. The molecule has 1 aromatic rings. The van der Waals surface area contributed by atoms with Crippen molar-refractivity contribution in [2.75, 3.05) is 6.54 Å². The third-order valence-corrected chi connectivity index (χ3v) is 3.30. The van der Waals surface area contributed by atoms with Crippen molar-refractivity contribution < 1.29 is 19.1 Å². The number of likely N-dealkylation sites (tertiary alicyclic amines) is 1. The van der Waals surface area contributed by atoms with Crippen LogP contribution in [0.25, 0.3) is 0 Å². The number of carboxylic acids is 1. The molecule has 2 heterocycles. The molecule has 0 spiro atoms. The first-order valence-corrected chi connectivity index (χ1v) is 5.57. The zero-order valence-corrected chi connectivity index (χ0v) is 9.90. The number of carbonyl (C=O) groups is 2. The summed E-state index contributed by atoms with van der Waals surface area (Å²) in [7, 11) is 0. The highest BCUT2D eigenvalue weighted by molar-refractivity contribution is 5.96. The summed E-state index contributed by atoms with van der Waals surface area (Å²) < 4.78 is 5.25. The fourth-order valence-electron chi connectivity index (χ4n) is 2.19. The van der Waals surface area contributed by atoms with Crippen molar-refractivity contribution >= 4 is 11.9 Å². The van der Waals surface area contributed by atoms with Gasteiger partial charge >= 0.3 is 5.97 Å². The van der Waals surface area contributed by atoms with Gasteiger partial charge in [-0.25, -0.2) is 4.79 Å². The summed E-state index contributed by atoms with van der Waals surface area (Å²) >= 11 is 0. The molecule has 1 atom stereocenters. The number of rotatable bonds is 2. The molecule has 1 saturated heterocycles. The number of aliphatic carboxylic acids is 1. The molecule has 0 radical (unpaired) electrons. The van der Waals surface area contributed by atoms with Gasteiger partial charge in [0.05, 0.1) is 0 Å². The minimum absolute atomic E-state index is 0.205. The summed E-state index contributed by atoms with van der Waals surface area (Å²) in [6.07, 6.45) is 1.18. The van der Waals surface area contributed by atoms with Crippen molar-refractivity contribution in [3.05, 3.63) is 23.7 Å². The predicted molar refractivity (Wildman–Crippen MR) is 59.8 cm³/mol. The summed E-state index contributed by atoms with van der Waals surface area (Å²) in [6.45, 7) is 3.79. The first-order valence-electron chi connectivity index (χ1n) is 5.57. The molecule has 92 valence electrons. The molecule has 1 amide bonds. The molecule has 1 aliphatic rings. The van der Waals surface area contributed by atoms with Gasteiger partial charge in [-0.05, 0) is 38.8 Å². The van der Waals surface area contributed by atoms with Crippen LogP contribution in [0.2, 0.25) is 0 Å². The standard InChI is InChI=1S/C12H15NO4/c1-8-4-5-9(17-8)10(14)13-7-3-6-12(13,2)11(15)16/h4-5H,3,6-7H2,1-2H3,(H,15,16).